The Balaban J connectivity index is 1.67. The molecule has 1 unspecified atom stereocenters. The van der Waals surface area contributed by atoms with Crippen molar-refractivity contribution in [1.29, 1.82) is 0 Å². The van der Waals surface area contributed by atoms with E-state index in [0.29, 0.717) is 29.7 Å². The van der Waals surface area contributed by atoms with Gasteiger partial charge in [-0.25, -0.2) is 4.79 Å². The van der Waals surface area contributed by atoms with E-state index in [1.807, 2.05) is 72.8 Å². The third-order valence-corrected chi connectivity index (χ3v) is 9.01. The highest BCUT2D eigenvalue weighted by atomic mass is 32.2. The van der Waals surface area contributed by atoms with Gasteiger partial charge in [0, 0.05) is 37.7 Å². The number of benzene rings is 3. The molecule has 0 bridgehead atoms. The average Bonchev–Trinajstić information content (AvgIpc) is 3.01. The number of carboxylic acid groups (broad SMARTS) is 1. The van der Waals surface area contributed by atoms with Crippen molar-refractivity contribution in [3.05, 3.63) is 83.9 Å². The molecule has 232 valence electrons. The van der Waals surface area contributed by atoms with Gasteiger partial charge in [0.15, 0.2) is 0 Å². The molecule has 10 heteroatoms. The third-order valence-electron chi connectivity index (χ3n) is 7.56. The Hall–Kier alpha value is -3.60. The standard InChI is InChI=1S/C33H42N2O7S/c1-3-19-35(33(36)37)43(38,39)34-24-31(25-11-6-4-7-12-25)27-14-10-13-26(22-27)30-18-17-29(41-21-20-40-2)23-32(30)42-28-15-8-5-9-16-28/h4,6-7,10-14,17-18,22-23,28,31,34H,3,5,8-9,15-16,19-21,24H2,1-2H3,(H,36,37). The summed E-state index contributed by atoms with van der Waals surface area (Å²) in [7, 11) is -2.62. The fraction of sp³-hybridized carbons (Fsp3) is 0.424. The average molecular weight is 611 g/mol. The van der Waals surface area contributed by atoms with Crippen LogP contribution in [0.5, 0.6) is 11.5 Å². The second-order valence-corrected chi connectivity index (χ2v) is 12.4. The lowest BCUT2D eigenvalue weighted by Gasteiger charge is -2.25. The van der Waals surface area contributed by atoms with Crippen LogP contribution in [-0.2, 0) is 14.9 Å². The van der Waals surface area contributed by atoms with Crippen molar-refractivity contribution in [1.82, 2.24) is 9.03 Å². The molecule has 43 heavy (non-hydrogen) atoms. The third kappa shape index (κ3) is 8.95. The second kappa shape index (κ2) is 15.7. The summed E-state index contributed by atoms with van der Waals surface area (Å²) >= 11 is 0. The number of ether oxygens (including phenoxy) is 3. The van der Waals surface area contributed by atoms with Crippen molar-refractivity contribution >= 4 is 16.3 Å². The predicted molar refractivity (Wildman–Crippen MR) is 167 cm³/mol. The van der Waals surface area contributed by atoms with Crippen molar-refractivity contribution in [3.8, 4) is 22.6 Å². The molecule has 3 aromatic carbocycles. The first kappa shape index (κ1) is 32.3. The minimum absolute atomic E-state index is 0.0129. The summed E-state index contributed by atoms with van der Waals surface area (Å²) < 4.78 is 46.5. The number of rotatable bonds is 15. The number of amides is 1. The Bertz CT molecular complexity index is 1430. The van der Waals surface area contributed by atoms with Crippen LogP contribution in [0.4, 0.5) is 4.79 Å². The summed E-state index contributed by atoms with van der Waals surface area (Å²) in [6.07, 6.45) is 4.54. The van der Waals surface area contributed by atoms with E-state index in [1.165, 1.54) is 6.42 Å². The first-order valence-electron chi connectivity index (χ1n) is 14.9. The number of hydrogen-bond donors (Lipinski definition) is 2. The molecule has 1 fully saturated rings. The van der Waals surface area contributed by atoms with Crippen molar-refractivity contribution in [3.63, 3.8) is 0 Å². The van der Waals surface area contributed by atoms with E-state index in [1.54, 1.807) is 14.0 Å². The van der Waals surface area contributed by atoms with Gasteiger partial charge >= 0.3 is 16.3 Å². The molecular weight excluding hydrogens is 568 g/mol. The zero-order chi connectivity index (χ0) is 30.7. The van der Waals surface area contributed by atoms with E-state index in [2.05, 4.69) is 4.72 Å². The zero-order valence-electron chi connectivity index (χ0n) is 24.9. The number of hydrogen-bond acceptors (Lipinski definition) is 6. The minimum Gasteiger partial charge on any atom is -0.491 e. The van der Waals surface area contributed by atoms with Gasteiger partial charge < -0.3 is 19.3 Å². The first-order chi connectivity index (χ1) is 20.8. The molecule has 9 nitrogen and oxygen atoms in total. The molecule has 0 aromatic heterocycles. The van der Waals surface area contributed by atoms with E-state index >= 15 is 0 Å². The maximum absolute atomic E-state index is 13.0. The van der Waals surface area contributed by atoms with Crippen LogP contribution in [0.2, 0.25) is 0 Å². The van der Waals surface area contributed by atoms with Crippen LogP contribution in [-0.4, -0.2) is 63.4 Å². The Morgan fingerprint density at radius 1 is 0.977 bits per heavy atom. The Labute approximate surface area is 255 Å². The molecule has 1 aliphatic carbocycles. The van der Waals surface area contributed by atoms with Crippen LogP contribution < -0.4 is 14.2 Å². The van der Waals surface area contributed by atoms with Gasteiger partial charge in [-0.1, -0.05) is 67.9 Å². The maximum Gasteiger partial charge on any atom is 0.422 e. The van der Waals surface area contributed by atoms with Crippen LogP contribution in [0.1, 0.15) is 62.5 Å². The molecule has 0 heterocycles. The summed E-state index contributed by atoms with van der Waals surface area (Å²) in [6, 6.07) is 23.4. The number of carbonyl (C=O) groups is 1. The van der Waals surface area contributed by atoms with Crippen molar-refractivity contribution in [2.24, 2.45) is 0 Å². The van der Waals surface area contributed by atoms with Crippen molar-refractivity contribution < 1.29 is 32.5 Å². The lowest BCUT2D eigenvalue weighted by molar-refractivity contribution is 0.143. The summed E-state index contributed by atoms with van der Waals surface area (Å²) in [4.78, 5) is 11.7. The van der Waals surface area contributed by atoms with Gasteiger partial charge in [-0.3, -0.25) is 0 Å². The van der Waals surface area contributed by atoms with Crippen LogP contribution in [0.25, 0.3) is 11.1 Å². The van der Waals surface area contributed by atoms with Crippen LogP contribution in [0.3, 0.4) is 0 Å². The summed E-state index contributed by atoms with van der Waals surface area (Å²) in [6.45, 7) is 2.51. The molecule has 3 aromatic rings. The van der Waals surface area contributed by atoms with Gasteiger partial charge in [-0.15, -0.1) is 0 Å². The normalized spacial score (nSPS) is 14.7. The number of nitrogens with one attached hydrogen (secondary N) is 1. The zero-order valence-corrected chi connectivity index (χ0v) is 25.7. The molecule has 1 amide bonds. The topological polar surface area (TPSA) is 114 Å². The number of methoxy groups -OCH3 is 1. The van der Waals surface area contributed by atoms with Crippen LogP contribution in [0.15, 0.2) is 72.8 Å². The second-order valence-electron chi connectivity index (χ2n) is 10.7. The highest BCUT2D eigenvalue weighted by molar-refractivity contribution is 7.87. The Morgan fingerprint density at radius 2 is 1.72 bits per heavy atom. The van der Waals surface area contributed by atoms with Crippen molar-refractivity contribution in [2.45, 2.75) is 57.5 Å². The molecule has 0 aliphatic heterocycles. The van der Waals surface area contributed by atoms with Gasteiger partial charge in [-0.2, -0.15) is 17.4 Å². The van der Waals surface area contributed by atoms with E-state index in [0.717, 1.165) is 53.7 Å². The van der Waals surface area contributed by atoms with Gasteiger partial charge in [0.1, 0.15) is 18.1 Å². The fourth-order valence-electron chi connectivity index (χ4n) is 5.36. The lowest BCUT2D eigenvalue weighted by Crippen LogP contribution is -2.45. The monoisotopic (exact) mass is 610 g/mol. The summed E-state index contributed by atoms with van der Waals surface area (Å²) in [5.74, 6) is 1.08. The van der Waals surface area contributed by atoms with Crippen LogP contribution >= 0.6 is 0 Å². The Kier molecular flexibility index (Phi) is 11.8. The Morgan fingerprint density at radius 3 is 2.42 bits per heavy atom. The minimum atomic E-state index is -4.25. The molecule has 4 rings (SSSR count). The highest BCUT2D eigenvalue weighted by Gasteiger charge is 2.28. The summed E-state index contributed by atoms with van der Waals surface area (Å²) in [5, 5.41) is 9.50. The lowest BCUT2D eigenvalue weighted by atomic mass is 9.89. The molecule has 2 N–H and O–H groups in total. The predicted octanol–water partition coefficient (Wildman–Crippen LogP) is 6.45. The molecular formula is C33H42N2O7S. The molecule has 1 atom stereocenters. The molecule has 1 aliphatic rings. The molecule has 0 spiro atoms. The van der Waals surface area contributed by atoms with Crippen LogP contribution in [0, 0.1) is 0 Å². The van der Waals surface area contributed by atoms with E-state index in [4.69, 9.17) is 14.2 Å². The SMILES string of the molecule is CCCN(C(=O)O)S(=O)(=O)NCC(c1ccccc1)c1cccc(-c2ccc(OCCOC)cc2OC2CCCCC2)c1. The smallest absolute Gasteiger partial charge is 0.422 e. The van der Waals surface area contributed by atoms with Gasteiger partial charge in [-0.05, 0) is 60.9 Å². The molecule has 1 saturated carbocycles. The molecule has 0 radical (unpaired) electrons. The highest BCUT2D eigenvalue weighted by Crippen LogP contribution is 2.37. The number of nitrogens with zero attached hydrogens (tertiary/aromatic N) is 1. The summed E-state index contributed by atoms with van der Waals surface area (Å²) in [5.41, 5.74) is 3.63. The molecule has 0 saturated heterocycles. The fourth-order valence-corrected chi connectivity index (χ4v) is 6.52. The van der Waals surface area contributed by atoms with E-state index in [-0.39, 0.29) is 25.1 Å². The van der Waals surface area contributed by atoms with Gasteiger partial charge in [0.05, 0.1) is 12.7 Å². The largest absolute Gasteiger partial charge is 0.491 e. The maximum atomic E-state index is 13.0. The van der Waals surface area contributed by atoms with E-state index in [9.17, 15) is 18.3 Å². The van der Waals surface area contributed by atoms with Crippen molar-refractivity contribution in [2.75, 3.05) is 33.4 Å². The van der Waals surface area contributed by atoms with Gasteiger partial charge in [0.25, 0.3) is 0 Å². The van der Waals surface area contributed by atoms with Gasteiger partial charge in [0.2, 0.25) is 0 Å². The van der Waals surface area contributed by atoms with E-state index < -0.39 is 16.3 Å². The first-order valence-corrected chi connectivity index (χ1v) is 16.3. The quantitative estimate of drug-likeness (QED) is 0.190.